The average Bonchev–Trinajstić information content (AvgIpc) is 2.63. The van der Waals surface area contributed by atoms with Crippen LogP contribution in [0.3, 0.4) is 0 Å². The third-order valence-electron chi connectivity index (χ3n) is 5.35. The van der Waals surface area contributed by atoms with Gasteiger partial charge in [-0.3, -0.25) is 0 Å². The highest BCUT2D eigenvalue weighted by Crippen LogP contribution is 2.25. The summed E-state index contributed by atoms with van der Waals surface area (Å²) in [5.41, 5.74) is 4.11. The maximum atomic E-state index is 4.68. The van der Waals surface area contributed by atoms with Gasteiger partial charge in [0, 0.05) is 44.0 Å². The Bertz CT molecular complexity index is 750. The zero-order valence-corrected chi connectivity index (χ0v) is 16.7. The van der Waals surface area contributed by atoms with Gasteiger partial charge in [0.1, 0.15) is 17.5 Å². The van der Waals surface area contributed by atoms with Gasteiger partial charge in [-0.1, -0.05) is 19.1 Å². The molecule has 26 heavy (non-hydrogen) atoms. The number of aromatic nitrogens is 2. The van der Waals surface area contributed by atoms with Crippen molar-refractivity contribution in [3.8, 4) is 0 Å². The molecule has 1 aliphatic heterocycles. The number of hydrogen-bond donors (Lipinski definition) is 1. The molecule has 1 saturated heterocycles. The first-order valence-corrected chi connectivity index (χ1v) is 9.66. The van der Waals surface area contributed by atoms with Crippen LogP contribution >= 0.6 is 0 Å². The van der Waals surface area contributed by atoms with Crippen molar-refractivity contribution in [3.63, 3.8) is 0 Å². The highest BCUT2D eigenvalue weighted by atomic mass is 15.3. The minimum Gasteiger partial charge on any atom is -0.368 e. The Balaban J connectivity index is 1.71. The summed E-state index contributed by atoms with van der Waals surface area (Å²) in [5.74, 6) is 2.79. The molecule has 2 aromatic rings. The Kier molecular flexibility index (Phi) is 5.64. The van der Waals surface area contributed by atoms with Crippen LogP contribution in [0.15, 0.2) is 24.3 Å². The second kappa shape index (κ2) is 7.94. The molecule has 1 fully saturated rings. The first-order valence-electron chi connectivity index (χ1n) is 9.66. The monoisotopic (exact) mass is 353 g/mol. The van der Waals surface area contributed by atoms with Crippen LogP contribution in [-0.4, -0.2) is 42.2 Å². The molecule has 3 rings (SSSR count). The van der Waals surface area contributed by atoms with Crippen molar-refractivity contribution in [1.29, 1.82) is 0 Å². The van der Waals surface area contributed by atoms with Crippen molar-refractivity contribution in [2.75, 3.05) is 41.3 Å². The van der Waals surface area contributed by atoms with Crippen molar-refractivity contribution in [2.24, 2.45) is 0 Å². The molecule has 2 heterocycles. The quantitative estimate of drug-likeness (QED) is 0.882. The number of rotatable bonds is 5. The van der Waals surface area contributed by atoms with Crippen LogP contribution in [0.5, 0.6) is 0 Å². The summed E-state index contributed by atoms with van der Waals surface area (Å²) in [5, 5.41) is 3.47. The lowest BCUT2D eigenvalue weighted by molar-refractivity contribution is 0.644. The average molecular weight is 354 g/mol. The second-order valence-corrected chi connectivity index (χ2v) is 7.31. The predicted molar refractivity (Wildman–Crippen MR) is 110 cm³/mol. The Morgan fingerprint density at radius 2 is 1.73 bits per heavy atom. The first kappa shape index (κ1) is 18.5. The molecule has 5 nitrogen and oxygen atoms in total. The van der Waals surface area contributed by atoms with Crippen LogP contribution in [0.25, 0.3) is 0 Å². The van der Waals surface area contributed by atoms with E-state index in [1.54, 1.807) is 0 Å². The van der Waals surface area contributed by atoms with Crippen molar-refractivity contribution in [1.82, 2.24) is 9.97 Å². The van der Waals surface area contributed by atoms with Crippen LogP contribution in [0.1, 0.15) is 37.2 Å². The topological polar surface area (TPSA) is 44.3 Å². The van der Waals surface area contributed by atoms with E-state index in [-0.39, 0.29) is 0 Å². The maximum Gasteiger partial charge on any atom is 0.134 e. The van der Waals surface area contributed by atoms with Crippen LogP contribution < -0.4 is 15.1 Å². The van der Waals surface area contributed by atoms with Gasteiger partial charge in [-0.05, 0) is 51.3 Å². The molecule has 0 spiro atoms. The van der Waals surface area contributed by atoms with Crippen molar-refractivity contribution < 1.29 is 0 Å². The number of nitrogens with one attached hydrogen (secondary N) is 1. The number of benzene rings is 1. The molecule has 0 saturated carbocycles. The van der Waals surface area contributed by atoms with Gasteiger partial charge in [-0.25, -0.2) is 9.97 Å². The van der Waals surface area contributed by atoms with Crippen molar-refractivity contribution in [2.45, 2.75) is 47.1 Å². The highest BCUT2D eigenvalue weighted by molar-refractivity contribution is 5.58. The second-order valence-electron chi connectivity index (χ2n) is 7.31. The molecule has 140 valence electrons. The molecule has 1 N–H and O–H groups in total. The van der Waals surface area contributed by atoms with E-state index in [0.717, 1.165) is 50.1 Å². The molecule has 1 atom stereocenters. The SMILES string of the molecule is CCC(C)Nc1cc(N2CCN(c3cccc(C)c3C)CC2)nc(C)n1. The number of piperazine rings is 1. The van der Waals surface area contributed by atoms with E-state index in [2.05, 4.69) is 77.0 Å². The summed E-state index contributed by atoms with van der Waals surface area (Å²) in [6.07, 6.45) is 1.08. The lowest BCUT2D eigenvalue weighted by Gasteiger charge is -2.37. The van der Waals surface area contributed by atoms with Gasteiger partial charge < -0.3 is 15.1 Å². The van der Waals surface area contributed by atoms with Crippen molar-refractivity contribution >= 4 is 17.3 Å². The summed E-state index contributed by atoms with van der Waals surface area (Å²) in [7, 11) is 0. The zero-order valence-electron chi connectivity index (χ0n) is 16.7. The summed E-state index contributed by atoms with van der Waals surface area (Å²) in [4.78, 5) is 14.1. The fourth-order valence-electron chi connectivity index (χ4n) is 3.40. The molecule has 0 bridgehead atoms. The molecule has 5 heteroatoms. The molecule has 0 aliphatic carbocycles. The first-order chi connectivity index (χ1) is 12.5. The van der Waals surface area contributed by atoms with Gasteiger partial charge in [0.15, 0.2) is 0 Å². The Morgan fingerprint density at radius 1 is 1.04 bits per heavy atom. The standard InChI is InChI=1S/C21H31N5/c1-6-16(3)22-20-14-21(24-18(5)23-20)26-12-10-25(11-13-26)19-9-7-8-15(2)17(19)4/h7-9,14,16H,6,10-13H2,1-5H3,(H,22,23,24). The molecule has 1 aliphatic rings. The Morgan fingerprint density at radius 3 is 2.42 bits per heavy atom. The smallest absolute Gasteiger partial charge is 0.134 e. The number of anilines is 3. The summed E-state index contributed by atoms with van der Waals surface area (Å²) < 4.78 is 0. The van der Waals surface area contributed by atoms with Crippen LogP contribution in [0.4, 0.5) is 17.3 Å². The van der Waals surface area contributed by atoms with Gasteiger partial charge in [-0.2, -0.15) is 0 Å². The number of nitrogens with zero attached hydrogens (tertiary/aromatic N) is 4. The van der Waals surface area contributed by atoms with Gasteiger partial charge in [0.25, 0.3) is 0 Å². The minimum absolute atomic E-state index is 0.415. The minimum atomic E-state index is 0.415. The summed E-state index contributed by atoms with van der Waals surface area (Å²) in [6, 6.07) is 9.08. The fourth-order valence-corrected chi connectivity index (χ4v) is 3.40. The van der Waals surface area contributed by atoms with Gasteiger partial charge in [0.2, 0.25) is 0 Å². The van der Waals surface area contributed by atoms with Crippen molar-refractivity contribution in [3.05, 3.63) is 41.2 Å². The van der Waals surface area contributed by atoms with E-state index in [4.69, 9.17) is 0 Å². The van der Waals surface area contributed by atoms with Crippen LogP contribution in [0.2, 0.25) is 0 Å². The largest absolute Gasteiger partial charge is 0.368 e. The molecule has 0 amide bonds. The molecular weight excluding hydrogens is 322 g/mol. The predicted octanol–water partition coefficient (Wildman–Crippen LogP) is 3.94. The van der Waals surface area contributed by atoms with Crippen LogP contribution in [-0.2, 0) is 0 Å². The lowest BCUT2D eigenvalue weighted by atomic mass is 10.1. The molecule has 1 unspecified atom stereocenters. The summed E-state index contributed by atoms with van der Waals surface area (Å²) >= 11 is 0. The van der Waals surface area contributed by atoms with E-state index in [0.29, 0.717) is 6.04 Å². The van der Waals surface area contributed by atoms with E-state index in [1.807, 2.05) is 6.92 Å². The zero-order chi connectivity index (χ0) is 18.7. The van der Waals surface area contributed by atoms with E-state index in [1.165, 1.54) is 16.8 Å². The van der Waals surface area contributed by atoms with Gasteiger partial charge in [-0.15, -0.1) is 0 Å². The number of aryl methyl sites for hydroxylation is 2. The Labute approximate surface area is 157 Å². The Hall–Kier alpha value is -2.30. The maximum absolute atomic E-state index is 4.68. The normalized spacial score (nSPS) is 15.9. The number of hydrogen-bond acceptors (Lipinski definition) is 5. The molecule has 1 aromatic carbocycles. The van der Waals surface area contributed by atoms with E-state index < -0.39 is 0 Å². The van der Waals surface area contributed by atoms with E-state index >= 15 is 0 Å². The third kappa shape index (κ3) is 4.09. The van der Waals surface area contributed by atoms with Gasteiger partial charge >= 0.3 is 0 Å². The van der Waals surface area contributed by atoms with Gasteiger partial charge in [0.05, 0.1) is 0 Å². The summed E-state index contributed by atoms with van der Waals surface area (Å²) in [6.45, 7) is 14.7. The van der Waals surface area contributed by atoms with E-state index in [9.17, 15) is 0 Å². The molecular formula is C21H31N5. The highest BCUT2D eigenvalue weighted by Gasteiger charge is 2.20. The fraction of sp³-hybridized carbons (Fsp3) is 0.524. The lowest BCUT2D eigenvalue weighted by Crippen LogP contribution is -2.47. The molecule has 1 aromatic heterocycles. The van der Waals surface area contributed by atoms with Crippen LogP contribution in [0, 0.1) is 20.8 Å². The molecule has 0 radical (unpaired) electrons. The third-order valence-corrected chi connectivity index (χ3v) is 5.35.